The van der Waals surface area contributed by atoms with Gasteiger partial charge in [0.1, 0.15) is 5.69 Å². The number of hydrogen-bond donors (Lipinski definition) is 2. The molecule has 3 rings (SSSR count). The molecule has 32 heavy (non-hydrogen) atoms. The first-order chi connectivity index (χ1) is 15.2. The molecule has 1 unspecified atom stereocenters. The van der Waals surface area contributed by atoms with Crippen molar-refractivity contribution in [3.05, 3.63) is 57.6 Å². The van der Waals surface area contributed by atoms with Gasteiger partial charge in [0.05, 0.1) is 20.5 Å². The Hall–Kier alpha value is -2.40. The summed E-state index contributed by atoms with van der Waals surface area (Å²) >= 11 is 6.02. The SMILES string of the molecule is CCN1CCN(C(C)CNc2ccc(S(=O)(=O)Nc3ccccc3Cl)cc2[N+](=O)[O-])CC1. The second kappa shape index (κ2) is 10.5. The van der Waals surface area contributed by atoms with Crippen molar-refractivity contribution in [3.8, 4) is 0 Å². The zero-order valence-electron chi connectivity index (χ0n) is 18.1. The van der Waals surface area contributed by atoms with Gasteiger partial charge in [0, 0.05) is 44.8 Å². The van der Waals surface area contributed by atoms with E-state index in [-0.39, 0.29) is 33.0 Å². The number of nitro groups is 1. The zero-order chi connectivity index (χ0) is 23.3. The van der Waals surface area contributed by atoms with Gasteiger partial charge in [0.15, 0.2) is 0 Å². The smallest absolute Gasteiger partial charge is 0.293 e. The van der Waals surface area contributed by atoms with Crippen molar-refractivity contribution in [2.75, 3.05) is 49.3 Å². The van der Waals surface area contributed by atoms with E-state index in [1.165, 1.54) is 18.2 Å². The molecule has 0 amide bonds. The van der Waals surface area contributed by atoms with Crippen molar-refractivity contribution < 1.29 is 13.3 Å². The number of halogens is 1. The summed E-state index contributed by atoms with van der Waals surface area (Å²) in [6.07, 6.45) is 0. The van der Waals surface area contributed by atoms with Gasteiger partial charge in [-0.3, -0.25) is 19.7 Å². The molecule has 2 aromatic carbocycles. The zero-order valence-corrected chi connectivity index (χ0v) is 19.7. The van der Waals surface area contributed by atoms with E-state index in [1.807, 2.05) is 0 Å². The second-order valence-corrected chi connectivity index (χ2v) is 9.81. The number of nitro benzene ring substituents is 1. The van der Waals surface area contributed by atoms with Crippen molar-refractivity contribution in [3.63, 3.8) is 0 Å². The number of benzene rings is 2. The Labute approximate surface area is 193 Å². The van der Waals surface area contributed by atoms with E-state index in [0.29, 0.717) is 6.54 Å². The summed E-state index contributed by atoms with van der Waals surface area (Å²) in [5.74, 6) is 0. The van der Waals surface area contributed by atoms with Crippen molar-refractivity contribution >= 4 is 38.7 Å². The second-order valence-electron chi connectivity index (χ2n) is 7.72. The number of hydrogen-bond acceptors (Lipinski definition) is 7. The average molecular weight is 482 g/mol. The number of nitrogens with one attached hydrogen (secondary N) is 2. The van der Waals surface area contributed by atoms with E-state index in [4.69, 9.17) is 11.6 Å². The van der Waals surface area contributed by atoms with Crippen LogP contribution in [0.3, 0.4) is 0 Å². The van der Waals surface area contributed by atoms with Crippen LogP contribution in [0.25, 0.3) is 0 Å². The average Bonchev–Trinajstić information content (AvgIpc) is 2.78. The molecule has 11 heteroatoms. The summed E-state index contributed by atoms with van der Waals surface area (Å²) in [7, 11) is -4.04. The predicted molar refractivity (Wildman–Crippen MR) is 127 cm³/mol. The number of piperazine rings is 1. The molecule has 9 nitrogen and oxygen atoms in total. The van der Waals surface area contributed by atoms with Gasteiger partial charge in [0.25, 0.3) is 15.7 Å². The molecule has 174 valence electrons. The first-order valence-electron chi connectivity index (χ1n) is 10.5. The molecule has 1 fully saturated rings. The number of rotatable bonds is 9. The van der Waals surface area contributed by atoms with Crippen molar-refractivity contribution in [1.82, 2.24) is 9.80 Å². The fourth-order valence-electron chi connectivity index (χ4n) is 3.63. The molecule has 1 aliphatic rings. The normalized spacial score (nSPS) is 16.5. The molecule has 1 atom stereocenters. The van der Waals surface area contributed by atoms with Gasteiger partial charge >= 0.3 is 0 Å². The van der Waals surface area contributed by atoms with Crippen LogP contribution in [0, 0.1) is 10.1 Å². The minimum Gasteiger partial charge on any atom is -0.378 e. The third-order valence-electron chi connectivity index (χ3n) is 5.66. The molecule has 0 aliphatic carbocycles. The van der Waals surface area contributed by atoms with Crippen LogP contribution in [0.5, 0.6) is 0 Å². The van der Waals surface area contributed by atoms with Gasteiger partial charge in [-0.25, -0.2) is 8.42 Å². The first-order valence-corrected chi connectivity index (χ1v) is 12.3. The largest absolute Gasteiger partial charge is 0.378 e. The van der Waals surface area contributed by atoms with Crippen LogP contribution < -0.4 is 10.0 Å². The van der Waals surface area contributed by atoms with Crippen LogP contribution >= 0.6 is 11.6 Å². The lowest BCUT2D eigenvalue weighted by Gasteiger charge is -2.37. The Balaban J connectivity index is 1.72. The molecule has 0 radical (unpaired) electrons. The summed E-state index contributed by atoms with van der Waals surface area (Å²) < 4.78 is 27.9. The minimum atomic E-state index is -4.04. The van der Waals surface area contributed by atoms with Crippen LogP contribution in [0.1, 0.15) is 13.8 Å². The van der Waals surface area contributed by atoms with Crippen LogP contribution in [-0.4, -0.2) is 68.5 Å². The maximum atomic E-state index is 12.7. The number of sulfonamides is 1. The van der Waals surface area contributed by atoms with Gasteiger partial charge < -0.3 is 10.2 Å². The molecule has 0 saturated carbocycles. The number of anilines is 2. The highest BCUT2D eigenvalue weighted by Crippen LogP contribution is 2.30. The van der Waals surface area contributed by atoms with E-state index in [2.05, 4.69) is 33.7 Å². The molecular formula is C21H28ClN5O4S. The summed E-state index contributed by atoms with van der Waals surface area (Å²) in [4.78, 5) is 15.6. The lowest BCUT2D eigenvalue weighted by molar-refractivity contribution is -0.384. The summed E-state index contributed by atoms with van der Waals surface area (Å²) in [6.45, 7) is 9.68. The molecule has 0 aromatic heterocycles. The van der Waals surface area contributed by atoms with E-state index >= 15 is 0 Å². The third kappa shape index (κ3) is 5.89. The first kappa shape index (κ1) is 24.2. The Bertz CT molecular complexity index is 1060. The van der Waals surface area contributed by atoms with Crippen LogP contribution in [-0.2, 0) is 10.0 Å². The summed E-state index contributed by atoms with van der Waals surface area (Å²) in [5.41, 5.74) is 0.191. The minimum absolute atomic E-state index is 0.180. The van der Waals surface area contributed by atoms with Crippen molar-refractivity contribution in [2.45, 2.75) is 24.8 Å². The van der Waals surface area contributed by atoms with Gasteiger partial charge in [-0.15, -0.1) is 0 Å². The molecule has 2 N–H and O–H groups in total. The fourth-order valence-corrected chi connectivity index (χ4v) is 4.97. The molecule has 1 saturated heterocycles. The quantitative estimate of drug-likeness (QED) is 0.417. The highest BCUT2D eigenvalue weighted by molar-refractivity contribution is 7.92. The van der Waals surface area contributed by atoms with Crippen molar-refractivity contribution in [2.24, 2.45) is 0 Å². The van der Waals surface area contributed by atoms with E-state index < -0.39 is 14.9 Å². The third-order valence-corrected chi connectivity index (χ3v) is 7.35. The Morgan fingerprint density at radius 1 is 1.12 bits per heavy atom. The number of para-hydroxylation sites is 1. The number of nitrogens with zero attached hydrogens (tertiary/aromatic N) is 3. The highest BCUT2D eigenvalue weighted by atomic mass is 35.5. The molecule has 2 aromatic rings. The Kier molecular flexibility index (Phi) is 7.94. The van der Waals surface area contributed by atoms with E-state index in [0.717, 1.165) is 38.8 Å². The van der Waals surface area contributed by atoms with Gasteiger partial charge in [-0.2, -0.15) is 0 Å². The molecule has 1 aliphatic heterocycles. The monoisotopic (exact) mass is 481 g/mol. The number of likely N-dealkylation sites (N-methyl/N-ethyl adjacent to an activating group) is 1. The lowest BCUT2D eigenvalue weighted by atomic mass is 10.2. The summed E-state index contributed by atoms with van der Waals surface area (Å²) in [5, 5.41) is 15.0. The molecule has 0 bridgehead atoms. The van der Waals surface area contributed by atoms with E-state index in [1.54, 1.807) is 18.2 Å². The van der Waals surface area contributed by atoms with E-state index in [9.17, 15) is 18.5 Å². The summed E-state index contributed by atoms with van der Waals surface area (Å²) in [6, 6.07) is 10.4. The maximum Gasteiger partial charge on any atom is 0.293 e. The topological polar surface area (TPSA) is 108 Å². The highest BCUT2D eigenvalue weighted by Gasteiger charge is 2.24. The Morgan fingerprint density at radius 2 is 1.81 bits per heavy atom. The molecule has 1 heterocycles. The fraction of sp³-hybridized carbons (Fsp3) is 0.429. The van der Waals surface area contributed by atoms with Crippen molar-refractivity contribution in [1.29, 1.82) is 0 Å². The molecule has 0 spiro atoms. The Morgan fingerprint density at radius 3 is 2.44 bits per heavy atom. The van der Waals surface area contributed by atoms with Crippen LogP contribution in [0.15, 0.2) is 47.4 Å². The maximum absolute atomic E-state index is 12.7. The van der Waals surface area contributed by atoms with Crippen LogP contribution in [0.4, 0.5) is 17.1 Å². The van der Waals surface area contributed by atoms with Gasteiger partial charge in [0.2, 0.25) is 0 Å². The molecular weight excluding hydrogens is 454 g/mol. The van der Waals surface area contributed by atoms with Crippen LogP contribution in [0.2, 0.25) is 5.02 Å². The lowest BCUT2D eigenvalue weighted by Crippen LogP contribution is -2.51. The predicted octanol–water partition coefficient (Wildman–Crippen LogP) is 3.49. The van der Waals surface area contributed by atoms with Gasteiger partial charge in [-0.1, -0.05) is 30.7 Å². The standard InChI is InChI=1S/C21H28ClN5O4S/c1-3-25-10-12-26(13-11-25)16(2)15-23-20-9-8-17(14-21(20)27(28)29)32(30,31)24-19-7-5-4-6-18(19)22/h4-9,14,16,23-24H,3,10-13,15H2,1-2H3. The van der Waals surface area contributed by atoms with Gasteiger partial charge in [-0.05, 0) is 37.7 Å².